The topological polar surface area (TPSA) is 81.0 Å². The van der Waals surface area contributed by atoms with Crippen LogP contribution in [0.5, 0.6) is 5.75 Å². The number of hydrogen-bond acceptors (Lipinski definition) is 6. The summed E-state index contributed by atoms with van der Waals surface area (Å²) in [5.74, 6) is -0.472. The predicted molar refractivity (Wildman–Crippen MR) is 106 cm³/mol. The molecule has 1 aromatic carbocycles. The standard InChI is InChI=1S/C19H18Cl2N2O4/c1-3-27-19(25)14(18(24)17-16(21)15(20)8-9-23-17)11-22-10-12-4-6-13(26-2)7-5-12/h4-9,11,24H,3,10H2,1-2H3. The lowest BCUT2D eigenvalue weighted by Gasteiger charge is -2.08. The molecule has 0 aliphatic carbocycles. The van der Waals surface area contributed by atoms with Crippen LogP contribution in [-0.4, -0.2) is 36.0 Å². The van der Waals surface area contributed by atoms with E-state index in [0.717, 1.165) is 11.3 Å². The summed E-state index contributed by atoms with van der Waals surface area (Å²) in [4.78, 5) is 20.4. The molecular formula is C19H18Cl2N2O4. The maximum absolute atomic E-state index is 12.2. The highest BCUT2D eigenvalue weighted by molar-refractivity contribution is 6.43. The lowest BCUT2D eigenvalue weighted by Crippen LogP contribution is -2.12. The quantitative estimate of drug-likeness (QED) is 0.315. The molecular weight excluding hydrogens is 391 g/mol. The first-order valence-electron chi connectivity index (χ1n) is 8.01. The average Bonchev–Trinajstić information content (AvgIpc) is 2.67. The molecule has 0 saturated heterocycles. The Kier molecular flexibility index (Phi) is 7.64. The Morgan fingerprint density at radius 3 is 2.59 bits per heavy atom. The molecule has 1 heterocycles. The molecule has 0 radical (unpaired) electrons. The number of aliphatic hydroxyl groups is 1. The van der Waals surface area contributed by atoms with Crippen molar-refractivity contribution in [2.45, 2.75) is 13.5 Å². The van der Waals surface area contributed by atoms with Gasteiger partial charge in [-0.3, -0.25) is 9.98 Å². The molecule has 0 bridgehead atoms. The van der Waals surface area contributed by atoms with E-state index in [-0.39, 0.29) is 34.5 Å². The van der Waals surface area contributed by atoms with E-state index in [0.29, 0.717) is 0 Å². The van der Waals surface area contributed by atoms with Gasteiger partial charge in [-0.2, -0.15) is 0 Å². The third-order valence-corrected chi connectivity index (χ3v) is 4.26. The number of hydrogen-bond donors (Lipinski definition) is 1. The van der Waals surface area contributed by atoms with E-state index >= 15 is 0 Å². The monoisotopic (exact) mass is 408 g/mol. The molecule has 2 rings (SSSR count). The van der Waals surface area contributed by atoms with Crippen LogP contribution in [0.2, 0.25) is 10.0 Å². The van der Waals surface area contributed by atoms with Gasteiger partial charge in [0.05, 0.1) is 30.3 Å². The zero-order valence-corrected chi connectivity index (χ0v) is 16.3. The number of benzene rings is 1. The molecule has 0 unspecified atom stereocenters. The normalized spacial score (nSPS) is 12.0. The Hall–Kier alpha value is -2.57. The van der Waals surface area contributed by atoms with Gasteiger partial charge in [0.25, 0.3) is 0 Å². The van der Waals surface area contributed by atoms with Gasteiger partial charge >= 0.3 is 5.97 Å². The number of ether oxygens (including phenoxy) is 2. The summed E-state index contributed by atoms with van der Waals surface area (Å²) in [5.41, 5.74) is 0.707. The number of nitrogens with zero attached hydrogens (tertiary/aromatic N) is 2. The van der Waals surface area contributed by atoms with Gasteiger partial charge in [0.2, 0.25) is 0 Å². The van der Waals surface area contributed by atoms with E-state index in [4.69, 9.17) is 32.7 Å². The predicted octanol–water partition coefficient (Wildman–Crippen LogP) is 4.50. The van der Waals surface area contributed by atoms with E-state index < -0.39 is 11.7 Å². The molecule has 6 nitrogen and oxygen atoms in total. The maximum atomic E-state index is 12.2. The third kappa shape index (κ3) is 5.45. The smallest absolute Gasteiger partial charge is 0.343 e. The number of halogens is 2. The summed E-state index contributed by atoms with van der Waals surface area (Å²) in [7, 11) is 1.58. The van der Waals surface area contributed by atoms with Crippen LogP contribution < -0.4 is 4.74 Å². The van der Waals surface area contributed by atoms with Crippen LogP contribution in [0.4, 0.5) is 0 Å². The number of aliphatic hydroxyl groups excluding tert-OH is 1. The minimum absolute atomic E-state index is 0.0249. The Morgan fingerprint density at radius 2 is 1.96 bits per heavy atom. The summed E-state index contributed by atoms with van der Waals surface area (Å²) in [6.45, 7) is 2.08. The number of aliphatic imine (C=N–C) groups is 1. The first-order valence-corrected chi connectivity index (χ1v) is 8.77. The van der Waals surface area contributed by atoms with Crippen molar-refractivity contribution in [1.29, 1.82) is 0 Å². The van der Waals surface area contributed by atoms with Crippen molar-refractivity contribution in [1.82, 2.24) is 4.98 Å². The van der Waals surface area contributed by atoms with Gasteiger partial charge in [-0.15, -0.1) is 0 Å². The van der Waals surface area contributed by atoms with Crippen molar-refractivity contribution in [3.63, 3.8) is 0 Å². The highest BCUT2D eigenvalue weighted by Gasteiger charge is 2.20. The largest absolute Gasteiger partial charge is 0.505 e. The molecule has 0 aliphatic rings. The Morgan fingerprint density at radius 1 is 1.26 bits per heavy atom. The molecule has 0 spiro atoms. The molecule has 142 valence electrons. The summed E-state index contributed by atoms with van der Waals surface area (Å²) < 4.78 is 10.1. The van der Waals surface area contributed by atoms with Gasteiger partial charge < -0.3 is 14.6 Å². The number of esters is 1. The SMILES string of the molecule is CCOC(=O)C(C=NCc1ccc(OC)cc1)=C(O)c1nccc(Cl)c1Cl. The fourth-order valence-electron chi connectivity index (χ4n) is 2.11. The fourth-order valence-corrected chi connectivity index (χ4v) is 2.45. The van der Waals surface area contributed by atoms with Crippen molar-refractivity contribution in [3.05, 3.63) is 63.4 Å². The van der Waals surface area contributed by atoms with Crippen molar-refractivity contribution in [3.8, 4) is 5.75 Å². The minimum atomic E-state index is -0.744. The number of pyridine rings is 1. The van der Waals surface area contributed by atoms with Crippen LogP contribution in [0.25, 0.3) is 5.76 Å². The molecule has 0 atom stereocenters. The number of carbonyl (C=O) groups is 1. The number of methoxy groups -OCH3 is 1. The number of aromatic nitrogens is 1. The molecule has 8 heteroatoms. The molecule has 0 fully saturated rings. The second-order valence-corrected chi connectivity index (χ2v) is 6.04. The summed E-state index contributed by atoms with van der Waals surface area (Å²) in [6.07, 6.45) is 2.60. The van der Waals surface area contributed by atoms with Gasteiger partial charge in [-0.05, 0) is 30.7 Å². The van der Waals surface area contributed by atoms with Crippen LogP contribution in [0, 0.1) is 0 Å². The second-order valence-electron chi connectivity index (χ2n) is 5.26. The highest BCUT2D eigenvalue weighted by atomic mass is 35.5. The lowest BCUT2D eigenvalue weighted by molar-refractivity contribution is -0.137. The van der Waals surface area contributed by atoms with Crippen LogP contribution in [0.3, 0.4) is 0 Å². The zero-order chi connectivity index (χ0) is 19.8. The van der Waals surface area contributed by atoms with E-state index in [1.165, 1.54) is 18.5 Å². The molecule has 0 saturated carbocycles. The van der Waals surface area contributed by atoms with E-state index in [1.807, 2.05) is 12.1 Å². The maximum Gasteiger partial charge on any atom is 0.343 e. The van der Waals surface area contributed by atoms with Gasteiger partial charge in [-0.25, -0.2) is 4.79 Å². The summed E-state index contributed by atoms with van der Waals surface area (Å²) in [5, 5.41) is 10.7. The molecule has 1 N–H and O–H groups in total. The van der Waals surface area contributed by atoms with Crippen LogP contribution in [0.1, 0.15) is 18.2 Å². The Bertz CT molecular complexity index is 865. The Balaban J connectivity index is 2.33. The fraction of sp³-hybridized carbons (Fsp3) is 0.211. The van der Waals surface area contributed by atoms with Crippen LogP contribution in [0.15, 0.2) is 47.1 Å². The lowest BCUT2D eigenvalue weighted by atomic mass is 10.1. The van der Waals surface area contributed by atoms with Gasteiger partial charge in [0, 0.05) is 12.4 Å². The zero-order valence-electron chi connectivity index (χ0n) is 14.8. The molecule has 27 heavy (non-hydrogen) atoms. The van der Waals surface area contributed by atoms with Gasteiger partial charge in [0.15, 0.2) is 5.76 Å². The van der Waals surface area contributed by atoms with Gasteiger partial charge in [-0.1, -0.05) is 35.3 Å². The van der Waals surface area contributed by atoms with E-state index in [9.17, 15) is 9.90 Å². The van der Waals surface area contributed by atoms with Gasteiger partial charge in [0.1, 0.15) is 17.0 Å². The van der Waals surface area contributed by atoms with Crippen molar-refractivity contribution in [2.75, 3.05) is 13.7 Å². The van der Waals surface area contributed by atoms with Crippen molar-refractivity contribution in [2.24, 2.45) is 4.99 Å². The third-order valence-electron chi connectivity index (χ3n) is 3.47. The molecule has 2 aromatic rings. The first-order chi connectivity index (χ1) is 13.0. The highest BCUT2D eigenvalue weighted by Crippen LogP contribution is 2.29. The average molecular weight is 409 g/mol. The van der Waals surface area contributed by atoms with Crippen molar-refractivity contribution >= 4 is 41.1 Å². The molecule has 0 amide bonds. The molecule has 1 aromatic heterocycles. The number of rotatable bonds is 7. The Labute approximate surface area is 167 Å². The minimum Gasteiger partial charge on any atom is -0.505 e. The van der Waals surface area contributed by atoms with Crippen LogP contribution in [-0.2, 0) is 16.1 Å². The summed E-state index contributed by atoms with van der Waals surface area (Å²) in [6, 6.07) is 8.78. The van der Waals surface area contributed by atoms with E-state index in [1.54, 1.807) is 26.2 Å². The van der Waals surface area contributed by atoms with Crippen molar-refractivity contribution < 1.29 is 19.4 Å². The number of carbonyl (C=O) groups excluding carboxylic acids is 1. The summed E-state index contributed by atoms with van der Waals surface area (Å²) >= 11 is 12.0. The molecule has 0 aliphatic heterocycles. The second kappa shape index (κ2) is 9.94. The first kappa shape index (κ1) is 20.7. The van der Waals surface area contributed by atoms with E-state index in [2.05, 4.69) is 9.98 Å². The van der Waals surface area contributed by atoms with Crippen LogP contribution >= 0.6 is 23.2 Å².